The number of nitrogens with two attached hydrogens (primary N) is 1. The molecule has 0 amide bonds. The topological polar surface area (TPSA) is 76.7 Å². The highest BCUT2D eigenvalue weighted by Gasteiger charge is 2.16. The van der Waals surface area contributed by atoms with Gasteiger partial charge in [0.1, 0.15) is 22.8 Å². The Hall–Kier alpha value is -3.22. The molecule has 5 nitrogen and oxygen atoms in total. The summed E-state index contributed by atoms with van der Waals surface area (Å²) in [4.78, 5) is 16.8. The average Bonchev–Trinajstić information content (AvgIpc) is 2.85. The predicted molar refractivity (Wildman–Crippen MR) is 83.5 cm³/mol. The van der Waals surface area contributed by atoms with Crippen molar-refractivity contribution in [3.05, 3.63) is 64.5 Å². The van der Waals surface area contributed by atoms with Crippen molar-refractivity contribution in [3.63, 3.8) is 0 Å². The zero-order valence-corrected chi connectivity index (χ0v) is 11.7. The van der Waals surface area contributed by atoms with Gasteiger partial charge in [-0.25, -0.2) is 18.4 Å². The molecule has 0 atom stereocenters. The Bertz CT molecular complexity index is 1110. The van der Waals surface area contributed by atoms with E-state index < -0.39 is 17.2 Å². The minimum Gasteiger partial charge on any atom is -0.383 e. The molecule has 0 aliphatic carbocycles. The zero-order chi connectivity index (χ0) is 16.1. The van der Waals surface area contributed by atoms with Crippen molar-refractivity contribution in [2.45, 2.75) is 0 Å². The van der Waals surface area contributed by atoms with Crippen molar-refractivity contribution < 1.29 is 8.78 Å². The predicted octanol–water partition coefficient (Wildman–Crippen LogP) is 2.73. The Morgan fingerprint density at radius 1 is 1.09 bits per heavy atom. The van der Waals surface area contributed by atoms with Crippen molar-refractivity contribution in [2.75, 3.05) is 5.73 Å². The van der Waals surface area contributed by atoms with Gasteiger partial charge in [0.15, 0.2) is 0 Å². The number of aromatic amines is 1. The molecule has 114 valence electrons. The lowest BCUT2D eigenvalue weighted by Crippen LogP contribution is -2.15. The molecular formula is C16H10F2N4O. The summed E-state index contributed by atoms with van der Waals surface area (Å²) in [6, 6.07) is 10.0. The van der Waals surface area contributed by atoms with Crippen LogP contribution >= 0.6 is 0 Å². The largest absolute Gasteiger partial charge is 0.383 e. The standard InChI is InChI=1S/C16H10F2N4O/c17-8-5-9(18)7-10(6-8)22-16(23)13-14(21-22)11-3-1-2-4-12(11)20-15(13)19/h1-7,21H,(H2,19,20). The Labute approximate surface area is 128 Å². The second-order valence-electron chi connectivity index (χ2n) is 5.14. The third-order valence-corrected chi connectivity index (χ3v) is 3.67. The summed E-state index contributed by atoms with van der Waals surface area (Å²) >= 11 is 0. The highest BCUT2D eigenvalue weighted by molar-refractivity contribution is 6.07. The number of nitrogen functional groups attached to an aromatic ring is 1. The maximum absolute atomic E-state index is 13.4. The molecule has 7 heteroatoms. The summed E-state index contributed by atoms with van der Waals surface area (Å²) in [5, 5.41) is 3.76. The minimum atomic E-state index is -0.776. The molecule has 4 rings (SSSR count). The number of hydrogen-bond donors (Lipinski definition) is 2. The Morgan fingerprint density at radius 2 is 1.78 bits per heavy atom. The molecule has 0 fully saturated rings. The number of nitrogens with zero attached hydrogens (tertiary/aromatic N) is 2. The lowest BCUT2D eigenvalue weighted by Gasteiger charge is -2.02. The quantitative estimate of drug-likeness (QED) is 0.567. The van der Waals surface area contributed by atoms with Crippen LogP contribution in [0.2, 0.25) is 0 Å². The summed E-state index contributed by atoms with van der Waals surface area (Å²) in [6.45, 7) is 0. The van der Waals surface area contributed by atoms with Gasteiger partial charge in [-0.1, -0.05) is 18.2 Å². The van der Waals surface area contributed by atoms with E-state index in [1.54, 1.807) is 24.3 Å². The lowest BCUT2D eigenvalue weighted by atomic mass is 10.1. The molecule has 0 aliphatic heterocycles. The van der Waals surface area contributed by atoms with Gasteiger partial charge in [0.05, 0.1) is 16.7 Å². The molecule has 0 aliphatic rings. The fourth-order valence-electron chi connectivity index (χ4n) is 2.69. The van der Waals surface area contributed by atoms with E-state index >= 15 is 0 Å². The van der Waals surface area contributed by atoms with Gasteiger partial charge in [0.2, 0.25) is 0 Å². The van der Waals surface area contributed by atoms with Gasteiger partial charge in [-0.15, -0.1) is 0 Å². The number of H-pyrrole nitrogens is 1. The van der Waals surface area contributed by atoms with E-state index in [1.807, 2.05) is 0 Å². The molecule has 0 bridgehead atoms. The first-order valence-electron chi connectivity index (χ1n) is 6.80. The first-order chi connectivity index (χ1) is 11.0. The van der Waals surface area contributed by atoms with Crippen molar-refractivity contribution in [1.82, 2.24) is 14.8 Å². The average molecular weight is 312 g/mol. The smallest absolute Gasteiger partial charge is 0.282 e. The van der Waals surface area contributed by atoms with Crippen LogP contribution in [0, 0.1) is 11.6 Å². The van der Waals surface area contributed by atoms with Crippen LogP contribution in [0.4, 0.5) is 14.6 Å². The van der Waals surface area contributed by atoms with Crippen LogP contribution in [0.25, 0.3) is 27.5 Å². The summed E-state index contributed by atoms with van der Waals surface area (Å²) in [5.41, 5.74) is 6.51. The van der Waals surface area contributed by atoms with Gasteiger partial charge in [-0.3, -0.25) is 9.89 Å². The van der Waals surface area contributed by atoms with E-state index in [2.05, 4.69) is 10.1 Å². The maximum Gasteiger partial charge on any atom is 0.282 e. The molecular weight excluding hydrogens is 302 g/mol. The molecule has 2 aromatic carbocycles. The van der Waals surface area contributed by atoms with Gasteiger partial charge in [0.25, 0.3) is 5.56 Å². The molecule has 2 heterocycles. The molecule has 3 N–H and O–H groups in total. The third-order valence-electron chi connectivity index (χ3n) is 3.67. The number of aromatic nitrogens is 3. The van der Waals surface area contributed by atoms with Crippen molar-refractivity contribution in [3.8, 4) is 5.69 Å². The number of rotatable bonds is 1. The van der Waals surface area contributed by atoms with Crippen LogP contribution in [0.3, 0.4) is 0 Å². The number of anilines is 1. The van der Waals surface area contributed by atoms with Gasteiger partial charge >= 0.3 is 0 Å². The van der Waals surface area contributed by atoms with Gasteiger partial charge in [0, 0.05) is 11.5 Å². The summed E-state index contributed by atoms with van der Waals surface area (Å²) in [5.74, 6) is -1.49. The van der Waals surface area contributed by atoms with Crippen LogP contribution < -0.4 is 11.3 Å². The number of fused-ring (bicyclic) bond motifs is 3. The number of para-hydroxylation sites is 1. The van der Waals surface area contributed by atoms with E-state index in [0.29, 0.717) is 16.4 Å². The highest BCUT2D eigenvalue weighted by atomic mass is 19.1. The van der Waals surface area contributed by atoms with Gasteiger partial charge in [-0.05, 0) is 18.2 Å². The van der Waals surface area contributed by atoms with E-state index in [0.717, 1.165) is 22.9 Å². The zero-order valence-electron chi connectivity index (χ0n) is 11.7. The SMILES string of the molecule is Nc1nc2ccccc2c2[nH]n(-c3cc(F)cc(F)c3)c(=O)c12. The first kappa shape index (κ1) is 13.4. The van der Waals surface area contributed by atoms with Crippen LogP contribution in [-0.4, -0.2) is 14.8 Å². The number of pyridine rings is 1. The summed E-state index contributed by atoms with van der Waals surface area (Å²) in [7, 11) is 0. The van der Waals surface area contributed by atoms with Gasteiger partial charge in [-0.2, -0.15) is 0 Å². The number of hydrogen-bond acceptors (Lipinski definition) is 3. The second kappa shape index (κ2) is 4.64. The Morgan fingerprint density at radius 3 is 2.52 bits per heavy atom. The molecule has 0 spiro atoms. The number of nitrogens with one attached hydrogen (secondary N) is 1. The van der Waals surface area contributed by atoms with E-state index in [9.17, 15) is 13.6 Å². The number of halogens is 2. The van der Waals surface area contributed by atoms with Crippen LogP contribution in [0.15, 0.2) is 47.3 Å². The van der Waals surface area contributed by atoms with Crippen molar-refractivity contribution in [2.24, 2.45) is 0 Å². The Balaban J connectivity index is 2.14. The van der Waals surface area contributed by atoms with Crippen LogP contribution in [0.5, 0.6) is 0 Å². The molecule has 0 saturated heterocycles. The number of benzene rings is 2. The molecule has 0 radical (unpaired) electrons. The fraction of sp³-hybridized carbons (Fsp3) is 0. The summed E-state index contributed by atoms with van der Waals surface area (Å²) in [6.07, 6.45) is 0. The van der Waals surface area contributed by atoms with Crippen LogP contribution in [-0.2, 0) is 0 Å². The lowest BCUT2D eigenvalue weighted by molar-refractivity contribution is 0.580. The van der Waals surface area contributed by atoms with E-state index in [1.165, 1.54) is 0 Å². The highest BCUT2D eigenvalue weighted by Crippen LogP contribution is 2.25. The van der Waals surface area contributed by atoms with Crippen molar-refractivity contribution >= 4 is 27.6 Å². The van der Waals surface area contributed by atoms with Crippen LogP contribution in [0.1, 0.15) is 0 Å². The molecule has 2 aromatic heterocycles. The van der Waals surface area contributed by atoms with Crippen molar-refractivity contribution in [1.29, 1.82) is 0 Å². The first-order valence-corrected chi connectivity index (χ1v) is 6.80. The normalized spacial score (nSPS) is 11.4. The van der Waals surface area contributed by atoms with E-state index in [-0.39, 0.29) is 16.9 Å². The third kappa shape index (κ3) is 1.97. The second-order valence-corrected chi connectivity index (χ2v) is 5.14. The van der Waals surface area contributed by atoms with E-state index in [4.69, 9.17) is 5.73 Å². The maximum atomic E-state index is 13.4. The fourth-order valence-corrected chi connectivity index (χ4v) is 2.69. The molecule has 4 aromatic rings. The molecule has 23 heavy (non-hydrogen) atoms. The Kier molecular flexibility index (Phi) is 2.71. The minimum absolute atomic E-state index is 0.0483. The molecule has 0 unspecified atom stereocenters. The summed E-state index contributed by atoms with van der Waals surface area (Å²) < 4.78 is 27.9. The van der Waals surface area contributed by atoms with Gasteiger partial charge < -0.3 is 5.73 Å². The molecule has 0 saturated carbocycles. The monoisotopic (exact) mass is 312 g/mol.